The molecule has 136 valence electrons. The minimum absolute atomic E-state index is 0.187. The van der Waals surface area contributed by atoms with Crippen molar-refractivity contribution >= 4 is 17.0 Å². The minimum atomic E-state index is -0.293. The zero-order valence-corrected chi connectivity index (χ0v) is 15.5. The number of nitrogens with zero attached hydrogens (tertiary/aromatic N) is 2. The summed E-state index contributed by atoms with van der Waals surface area (Å²) >= 11 is 0. The summed E-state index contributed by atoms with van der Waals surface area (Å²) in [6.07, 6.45) is 0.541. The topological polar surface area (TPSA) is 77.0 Å². The Hall–Kier alpha value is -2.89. The first-order valence-electron chi connectivity index (χ1n) is 8.76. The number of nitrogens with one attached hydrogen (secondary N) is 1. The van der Waals surface area contributed by atoms with Gasteiger partial charge in [-0.25, -0.2) is 4.68 Å². The lowest BCUT2D eigenvalue weighted by molar-refractivity contribution is -0.143. The van der Waals surface area contributed by atoms with Gasteiger partial charge in [0.2, 0.25) is 0 Å². The van der Waals surface area contributed by atoms with Crippen LogP contribution in [0.15, 0.2) is 29.1 Å². The molecule has 0 aliphatic heterocycles. The lowest BCUT2D eigenvalue weighted by Crippen LogP contribution is -2.18. The van der Waals surface area contributed by atoms with Gasteiger partial charge >= 0.3 is 5.97 Å². The first-order chi connectivity index (χ1) is 12.4. The number of H-pyrrole nitrogens is 1. The fraction of sp³-hybridized carbons (Fsp3) is 0.350. The Morgan fingerprint density at radius 2 is 2.04 bits per heavy atom. The smallest absolute Gasteiger partial charge is 0.306 e. The van der Waals surface area contributed by atoms with Gasteiger partial charge in [-0.2, -0.15) is 5.10 Å². The highest BCUT2D eigenvalue weighted by molar-refractivity contribution is 5.84. The number of rotatable bonds is 5. The molecular formula is C20H23N3O3. The molecule has 0 amide bonds. The number of aromatic amines is 1. The summed E-state index contributed by atoms with van der Waals surface area (Å²) in [5.41, 5.74) is 4.82. The third kappa shape index (κ3) is 3.27. The van der Waals surface area contributed by atoms with Gasteiger partial charge in [-0.3, -0.25) is 9.59 Å². The maximum atomic E-state index is 12.6. The molecule has 6 nitrogen and oxygen atoms in total. The van der Waals surface area contributed by atoms with Crippen molar-refractivity contribution in [3.05, 3.63) is 57.0 Å². The van der Waals surface area contributed by atoms with Crippen molar-refractivity contribution in [2.75, 3.05) is 6.61 Å². The molecule has 0 aliphatic rings. The average Bonchev–Trinajstić information content (AvgIpc) is 2.91. The molecule has 26 heavy (non-hydrogen) atoms. The fourth-order valence-corrected chi connectivity index (χ4v) is 3.30. The van der Waals surface area contributed by atoms with E-state index in [9.17, 15) is 9.59 Å². The number of carbonyl (C=O) groups excluding carboxylic acids is 1. The van der Waals surface area contributed by atoms with E-state index in [0.29, 0.717) is 24.2 Å². The molecule has 0 unspecified atom stereocenters. The maximum Gasteiger partial charge on any atom is 0.306 e. The van der Waals surface area contributed by atoms with Gasteiger partial charge in [-0.05, 0) is 57.4 Å². The van der Waals surface area contributed by atoms with E-state index in [4.69, 9.17) is 4.74 Å². The number of ether oxygens (including phenoxy) is 1. The molecule has 0 spiro atoms. The molecule has 2 aromatic heterocycles. The first kappa shape index (κ1) is 17.9. The number of benzene rings is 1. The fourth-order valence-electron chi connectivity index (χ4n) is 3.30. The number of pyridine rings is 1. The van der Waals surface area contributed by atoms with E-state index in [2.05, 4.69) is 10.1 Å². The van der Waals surface area contributed by atoms with Crippen molar-refractivity contribution in [3.8, 4) is 5.69 Å². The molecule has 0 atom stereocenters. The van der Waals surface area contributed by atoms with Gasteiger partial charge in [0.15, 0.2) is 0 Å². The van der Waals surface area contributed by atoms with Gasteiger partial charge in [-0.15, -0.1) is 0 Å². The molecule has 0 bridgehead atoms. The summed E-state index contributed by atoms with van der Waals surface area (Å²) in [4.78, 5) is 27.2. The van der Waals surface area contributed by atoms with Gasteiger partial charge in [0.05, 0.1) is 18.0 Å². The van der Waals surface area contributed by atoms with Crippen molar-refractivity contribution in [2.45, 2.75) is 40.5 Å². The van der Waals surface area contributed by atoms with Crippen LogP contribution in [0, 0.1) is 20.8 Å². The van der Waals surface area contributed by atoms with Crippen LogP contribution in [0.3, 0.4) is 0 Å². The highest BCUT2D eigenvalue weighted by Gasteiger charge is 2.18. The molecule has 6 heteroatoms. The Morgan fingerprint density at radius 3 is 2.73 bits per heavy atom. The van der Waals surface area contributed by atoms with Crippen LogP contribution in [0.25, 0.3) is 16.7 Å². The predicted octanol–water partition coefficient (Wildman–Crippen LogP) is 3.13. The summed E-state index contributed by atoms with van der Waals surface area (Å²) in [7, 11) is 0. The Bertz CT molecular complexity index is 1030. The van der Waals surface area contributed by atoms with E-state index >= 15 is 0 Å². The van der Waals surface area contributed by atoms with Gasteiger partial charge in [0.25, 0.3) is 5.56 Å². The first-order valence-corrected chi connectivity index (χ1v) is 8.76. The van der Waals surface area contributed by atoms with Crippen LogP contribution in [-0.4, -0.2) is 27.3 Å². The zero-order valence-electron chi connectivity index (χ0n) is 15.5. The van der Waals surface area contributed by atoms with Crippen LogP contribution in [0.5, 0.6) is 0 Å². The average molecular weight is 353 g/mol. The van der Waals surface area contributed by atoms with Gasteiger partial charge < -0.3 is 9.72 Å². The second-order valence-electron chi connectivity index (χ2n) is 6.42. The summed E-state index contributed by atoms with van der Waals surface area (Å²) in [6, 6.07) is 7.96. The number of carbonyl (C=O) groups is 1. The van der Waals surface area contributed by atoms with Crippen LogP contribution in [0.1, 0.15) is 35.7 Å². The second-order valence-corrected chi connectivity index (χ2v) is 6.42. The van der Waals surface area contributed by atoms with Crippen molar-refractivity contribution in [1.82, 2.24) is 14.8 Å². The number of fused-ring (bicyclic) bond motifs is 1. The molecule has 3 rings (SSSR count). The number of aromatic nitrogens is 3. The number of aryl methyl sites for hydroxylation is 3. The van der Waals surface area contributed by atoms with Crippen LogP contribution in [-0.2, 0) is 16.0 Å². The largest absolute Gasteiger partial charge is 0.466 e. The molecule has 0 saturated carbocycles. The SMILES string of the molecule is CCOC(=O)CCc1c(C)c2c(C)nn(-c3cccc(C)c3)c2[nH]c1=O. The molecular weight excluding hydrogens is 330 g/mol. The maximum absolute atomic E-state index is 12.6. The van der Waals surface area contributed by atoms with Crippen LogP contribution < -0.4 is 5.56 Å². The number of hydrogen-bond acceptors (Lipinski definition) is 4. The molecule has 0 fully saturated rings. The van der Waals surface area contributed by atoms with E-state index in [1.807, 2.05) is 45.0 Å². The third-order valence-corrected chi connectivity index (χ3v) is 4.52. The molecule has 0 radical (unpaired) electrons. The molecule has 1 N–H and O–H groups in total. The Kier molecular flexibility index (Phi) is 4.93. The second kappa shape index (κ2) is 7.15. The van der Waals surface area contributed by atoms with Crippen molar-refractivity contribution < 1.29 is 9.53 Å². The van der Waals surface area contributed by atoms with Crippen molar-refractivity contribution in [3.63, 3.8) is 0 Å². The van der Waals surface area contributed by atoms with E-state index in [1.165, 1.54) is 0 Å². The monoisotopic (exact) mass is 353 g/mol. The molecule has 3 aromatic rings. The summed E-state index contributed by atoms with van der Waals surface area (Å²) in [6.45, 7) is 7.96. The van der Waals surface area contributed by atoms with Crippen molar-refractivity contribution in [2.24, 2.45) is 0 Å². The van der Waals surface area contributed by atoms with E-state index in [1.54, 1.807) is 11.6 Å². The summed E-state index contributed by atoms with van der Waals surface area (Å²) < 4.78 is 6.73. The number of hydrogen-bond donors (Lipinski definition) is 1. The normalized spacial score (nSPS) is 11.1. The third-order valence-electron chi connectivity index (χ3n) is 4.52. The van der Waals surface area contributed by atoms with E-state index in [0.717, 1.165) is 27.9 Å². The Morgan fingerprint density at radius 1 is 1.27 bits per heavy atom. The Labute approximate surface area is 151 Å². The molecule has 0 aliphatic carbocycles. The van der Waals surface area contributed by atoms with Gasteiger partial charge in [-0.1, -0.05) is 12.1 Å². The minimum Gasteiger partial charge on any atom is -0.466 e. The lowest BCUT2D eigenvalue weighted by Gasteiger charge is -2.08. The number of esters is 1. The van der Waals surface area contributed by atoms with Crippen LogP contribution in [0.4, 0.5) is 0 Å². The highest BCUT2D eigenvalue weighted by atomic mass is 16.5. The van der Waals surface area contributed by atoms with Crippen LogP contribution in [0.2, 0.25) is 0 Å². The van der Waals surface area contributed by atoms with Gasteiger partial charge in [0, 0.05) is 17.4 Å². The van der Waals surface area contributed by atoms with E-state index < -0.39 is 0 Å². The molecule has 1 aromatic carbocycles. The standard InChI is InChI=1S/C20H23N3O3/c1-5-26-17(24)10-9-16-13(3)18-14(4)22-23(19(18)21-20(16)25)15-8-6-7-12(2)11-15/h6-8,11H,5,9-10H2,1-4H3,(H,21,25). The quantitative estimate of drug-likeness (QED) is 0.715. The Balaban J connectivity index is 2.09. The van der Waals surface area contributed by atoms with Gasteiger partial charge in [0.1, 0.15) is 5.65 Å². The summed E-state index contributed by atoms with van der Waals surface area (Å²) in [5.74, 6) is -0.293. The zero-order chi connectivity index (χ0) is 18.8. The van der Waals surface area contributed by atoms with Crippen LogP contribution >= 0.6 is 0 Å². The summed E-state index contributed by atoms with van der Waals surface area (Å²) in [5, 5.41) is 5.55. The lowest BCUT2D eigenvalue weighted by atomic mass is 10.0. The van der Waals surface area contributed by atoms with E-state index in [-0.39, 0.29) is 17.9 Å². The van der Waals surface area contributed by atoms with Crippen molar-refractivity contribution in [1.29, 1.82) is 0 Å². The molecule has 0 saturated heterocycles. The molecule has 2 heterocycles. The highest BCUT2D eigenvalue weighted by Crippen LogP contribution is 2.24. The predicted molar refractivity (Wildman–Crippen MR) is 101 cm³/mol.